The van der Waals surface area contributed by atoms with Crippen LogP contribution in [0.4, 0.5) is 17.5 Å². The maximum absolute atomic E-state index is 13.4. The zero-order valence-corrected chi connectivity index (χ0v) is 15.8. The predicted molar refractivity (Wildman–Crippen MR) is 102 cm³/mol. The Morgan fingerprint density at radius 3 is 2.82 bits per heavy atom. The number of rotatable bonds is 2. The number of hydrogen-bond acceptors (Lipinski definition) is 8. The summed E-state index contributed by atoms with van der Waals surface area (Å²) in [5, 5.41) is 3.10. The molecular weight excluding hydrogens is 364 g/mol. The Kier molecular flexibility index (Phi) is 4.31. The van der Waals surface area contributed by atoms with Gasteiger partial charge in [0.1, 0.15) is 6.10 Å². The Balaban J connectivity index is 1.82. The van der Waals surface area contributed by atoms with E-state index in [1.54, 1.807) is 18.3 Å². The highest BCUT2D eigenvalue weighted by molar-refractivity contribution is 6.08. The molecule has 4 heterocycles. The molecule has 3 atom stereocenters. The lowest BCUT2D eigenvalue weighted by molar-refractivity contribution is -0.146. The minimum Gasteiger partial charge on any atom is -0.369 e. The van der Waals surface area contributed by atoms with Crippen LogP contribution in [0.25, 0.3) is 0 Å². The van der Waals surface area contributed by atoms with E-state index in [1.165, 1.54) is 11.1 Å². The number of hydrogen-bond donors (Lipinski definition) is 3. The Morgan fingerprint density at radius 1 is 1.39 bits per heavy atom. The molecule has 2 aliphatic rings. The Morgan fingerprint density at radius 2 is 2.18 bits per heavy atom. The summed E-state index contributed by atoms with van der Waals surface area (Å²) in [4.78, 5) is 38.1. The molecular formula is C18H22N6O4. The topological polar surface area (TPSA) is 135 Å². The van der Waals surface area contributed by atoms with Crippen molar-refractivity contribution in [3.63, 3.8) is 0 Å². The summed E-state index contributed by atoms with van der Waals surface area (Å²) < 4.78 is 11.9. The third kappa shape index (κ3) is 3.10. The van der Waals surface area contributed by atoms with Crippen molar-refractivity contribution >= 4 is 23.4 Å². The molecule has 4 rings (SSSR count). The highest BCUT2D eigenvalue weighted by atomic mass is 16.8. The number of carbonyl (C=O) groups is 1. The largest absolute Gasteiger partial charge is 0.369 e. The smallest absolute Gasteiger partial charge is 0.278 e. The fraction of sp³-hybridized carbons (Fsp3) is 0.444. The third-order valence-corrected chi connectivity index (χ3v) is 4.82. The molecule has 10 heteroatoms. The highest BCUT2D eigenvalue weighted by Gasteiger charge is 2.48. The third-order valence-electron chi connectivity index (χ3n) is 4.82. The average Bonchev–Trinajstić information content (AvgIpc) is 2.93. The second-order valence-corrected chi connectivity index (χ2v) is 7.32. The van der Waals surface area contributed by atoms with Crippen molar-refractivity contribution in [3.8, 4) is 0 Å². The standard InChI is InChI=1S/C18H22N6O4/c1-9-13(28-18(2,3)27-9)11-8-21-14-12(15(25)23-17(19)22-14)24(11)16(26)10-5-4-6-20-7-10/h4-7,9,11,13H,8H2,1-3H3,(H4,19,21,22,23,25)/t9-,11-,13-/m0/s1. The van der Waals surface area contributed by atoms with E-state index in [1.807, 2.05) is 20.8 Å². The summed E-state index contributed by atoms with van der Waals surface area (Å²) in [5.41, 5.74) is 5.60. The first-order chi connectivity index (χ1) is 13.3. The lowest BCUT2D eigenvalue weighted by atomic mass is 10.0. The van der Waals surface area contributed by atoms with E-state index >= 15 is 0 Å². The zero-order chi connectivity index (χ0) is 20.1. The summed E-state index contributed by atoms with van der Waals surface area (Å²) in [6, 6.07) is 2.81. The van der Waals surface area contributed by atoms with Gasteiger partial charge in [-0.3, -0.25) is 24.5 Å². The summed E-state index contributed by atoms with van der Waals surface area (Å²) in [7, 11) is 0. The minimum atomic E-state index is -0.792. The number of aromatic amines is 1. The van der Waals surface area contributed by atoms with Crippen LogP contribution in [0.5, 0.6) is 0 Å². The number of nitrogens with one attached hydrogen (secondary N) is 2. The van der Waals surface area contributed by atoms with Crippen molar-refractivity contribution in [1.29, 1.82) is 0 Å². The molecule has 0 aromatic carbocycles. The van der Waals surface area contributed by atoms with Crippen LogP contribution in [0.1, 0.15) is 31.1 Å². The Bertz CT molecular complexity index is 960. The number of H-pyrrole nitrogens is 1. The first-order valence-corrected chi connectivity index (χ1v) is 9.00. The van der Waals surface area contributed by atoms with E-state index in [2.05, 4.69) is 20.3 Å². The van der Waals surface area contributed by atoms with E-state index < -0.39 is 23.5 Å². The number of pyridine rings is 1. The lowest BCUT2D eigenvalue weighted by Crippen LogP contribution is -2.57. The average molecular weight is 386 g/mol. The van der Waals surface area contributed by atoms with Gasteiger partial charge < -0.3 is 20.5 Å². The van der Waals surface area contributed by atoms with Crippen molar-refractivity contribution in [2.24, 2.45) is 0 Å². The van der Waals surface area contributed by atoms with Crippen molar-refractivity contribution in [2.45, 2.75) is 44.8 Å². The molecule has 1 amide bonds. The van der Waals surface area contributed by atoms with Gasteiger partial charge in [-0.2, -0.15) is 4.98 Å². The van der Waals surface area contributed by atoms with Gasteiger partial charge in [0.2, 0.25) is 5.95 Å². The second-order valence-electron chi connectivity index (χ2n) is 7.32. The van der Waals surface area contributed by atoms with E-state index in [0.717, 1.165) is 0 Å². The monoisotopic (exact) mass is 386 g/mol. The van der Waals surface area contributed by atoms with Crippen LogP contribution in [-0.4, -0.2) is 51.4 Å². The number of anilines is 3. The van der Waals surface area contributed by atoms with Gasteiger partial charge in [0.05, 0.1) is 17.7 Å². The number of nitrogens with zero attached hydrogens (tertiary/aromatic N) is 3. The zero-order valence-electron chi connectivity index (χ0n) is 15.8. The molecule has 0 saturated carbocycles. The normalized spacial score (nSPS) is 25.8. The first-order valence-electron chi connectivity index (χ1n) is 9.00. The van der Waals surface area contributed by atoms with Crippen molar-refractivity contribution in [2.75, 3.05) is 22.5 Å². The van der Waals surface area contributed by atoms with Crippen molar-refractivity contribution < 1.29 is 14.3 Å². The van der Waals surface area contributed by atoms with E-state index in [9.17, 15) is 9.59 Å². The number of ether oxygens (including phenoxy) is 2. The highest BCUT2D eigenvalue weighted by Crippen LogP contribution is 2.36. The minimum absolute atomic E-state index is 0.0292. The molecule has 0 spiro atoms. The van der Waals surface area contributed by atoms with Gasteiger partial charge in [-0.05, 0) is 32.9 Å². The van der Waals surface area contributed by atoms with Crippen LogP contribution in [0.15, 0.2) is 29.3 Å². The summed E-state index contributed by atoms with van der Waals surface area (Å²) in [6.45, 7) is 5.84. The van der Waals surface area contributed by atoms with Gasteiger partial charge in [0.15, 0.2) is 17.3 Å². The Hall–Kier alpha value is -2.98. The predicted octanol–water partition coefficient (Wildman–Crippen LogP) is 0.728. The molecule has 10 nitrogen and oxygen atoms in total. The van der Waals surface area contributed by atoms with Crippen LogP contribution in [0, 0.1) is 0 Å². The van der Waals surface area contributed by atoms with Gasteiger partial charge in [-0.1, -0.05) is 0 Å². The summed E-state index contributed by atoms with van der Waals surface area (Å²) in [5.74, 6) is -0.948. The number of aromatic nitrogens is 3. The number of nitrogens with two attached hydrogens (primary N) is 1. The van der Waals surface area contributed by atoms with Crippen molar-refractivity contribution in [3.05, 3.63) is 40.4 Å². The number of amides is 1. The number of carbonyl (C=O) groups excluding carboxylic acids is 1. The fourth-order valence-corrected chi connectivity index (χ4v) is 3.79. The Labute approximate surface area is 161 Å². The molecule has 0 radical (unpaired) electrons. The van der Waals surface area contributed by atoms with Crippen LogP contribution >= 0.6 is 0 Å². The quantitative estimate of drug-likeness (QED) is 0.687. The first kappa shape index (κ1) is 18.4. The number of nitrogen functional groups attached to an aromatic ring is 1. The molecule has 2 aromatic rings. The molecule has 0 unspecified atom stereocenters. The molecule has 0 aliphatic carbocycles. The lowest BCUT2D eigenvalue weighted by Gasteiger charge is -2.39. The molecule has 2 aliphatic heterocycles. The molecule has 4 N–H and O–H groups in total. The van der Waals surface area contributed by atoms with Crippen molar-refractivity contribution in [1.82, 2.24) is 15.0 Å². The summed E-state index contributed by atoms with van der Waals surface area (Å²) in [6.07, 6.45) is 2.30. The van der Waals surface area contributed by atoms with E-state index in [-0.39, 0.29) is 29.5 Å². The molecule has 0 bridgehead atoms. The van der Waals surface area contributed by atoms with E-state index in [0.29, 0.717) is 12.1 Å². The molecule has 1 fully saturated rings. The second kappa shape index (κ2) is 6.57. The van der Waals surface area contributed by atoms with E-state index in [4.69, 9.17) is 15.2 Å². The van der Waals surface area contributed by atoms with Gasteiger partial charge in [-0.25, -0.2) is 0 Å². The van der Waals surface area contributed by atoms with Gasteiger partial charge >= 0.3 is 0 Å². The SMILES string of the molecule is C[C@@H]1OC(C)(C)O[C@@H]1[C@@H]1CNc2nc(N)[nH]c(=O)c2N1C(=O)c1cccnc1. The summed E-state index contributed by atoms with van der Waals surface area (Å²) >= 11 is 0. The van der Waals surface area contributed by atoms with Gasteiger partial charge in [0, 0.05) is 18.9 Å². The van der Waals surface area contributed by atoms with Crippen LogP contribution in [0.3, 0.4) is 0 Å². The van der Waals surface area contributed by atoms with Crippen LogP contribution in [0.2, 0.25) is 0 Å². The maximum atomic E-state index is 13.4. The van der Waals surface area contributed by atoms with Gasteiger partial charge in [0.25, 0.3) is 11.5 Å². The van der Waals surface area contributed by atoms with Crippen LogP contribution < -0.4 is 21.5 Å². The maximum Gasteiger partial charge on any atom is 0.278 e. The van der Waals surface area contributed by atoms with Crippen LogP contribution in [-0.2, 0) is 9.47 Å². The molecule has 148 valence electrons. The number of fused-ring (bicyclic) bond motifs is 1. The fourth-order valence-electron chi connectivity index (χ4n) is 3.79. The van der Waals surface area contributed by atoms with Gasteiger partial charge in [-0.15, -0.1) is 0 Å². The molecule has 1 saturated heterocycles. The molecule has 2 aromatic heterocycles. The molecule has 28 heavy (non-hydrogen) atoms.